The first-order chi connectivity index (χ1) is 13.1. The highest BCUT2D eigenvalue weighted by Crippen LogP contribution is 2.23. The third-order valence-corrected chi connectivity index (χ3v) is 6.22. The van der Waals surface area contributed by atoms with E-state index < -0.39 is 0 Å². The molecule has 0 aliphatic heterocycles. The molecular formula is C21H24N2O2S2. The van der Waals surface area contributed by atoms with Crippen molar-refractivity contribution >= 4 is 39.2 Å². The Hall–Kier alpha value is -1.89. The van der Waals surface area contributed by atoms with Crippen molar-refractivity contribution in [2.45, 2.75) is 31.7 Å². The maximum absolute atomic E-state index is 12.4. The van der Waals surface area contributed by atoms with E-state index in [1.807, 2.05) is 18.2 Å². The molecular weight excluding hydrogens is 376 g/mol. The molecule has 1 heterocycles. The topological polar surface area (TPSA) is 43.6 Å². The molecule has 0 saturated carbocycles. The van der Waals surface area contributed by atoms with Crippen molar-refractivity contribution in [2.75, 3.05) is 19.5 Å². The van der Waals surface area contributed by atoms with Gasteiger partial charge in [0.25, 0.3) is 0 Å². The van der Waals surface area contributed by atoms with Crippen LogP contribution in [0.1, 0.15) is 17.5 Å². The van der Waals surface area contributed by atoms with Gasteiger partial charge in [-0.05, 0) is 43.2 Å². The molecule has 4 nitrogen and oxygen atoms in total. The first-order valence-corrected chi connectivity index (χ1v) is 10.7. The fourth-order valence-corrected chi connectivity index (χ4v) is 5.11. The molecule has 0 radical (unpaired) electrons. The number of carbonyl (C=O) groups excluding carboxylic acids is 1. The lowest BCUT2D eigenvalue weighted by atomic mass is 10.1. The van der Waals surface area contributed by atoms with Crippen molar-refractivity contribution in [1.82, 2.24) is 4.57 Å². The van der Waals surface area contributed by atoms with E-state index in [2.05, 4.69) is 47.7 Å². The van der Waals surface area contributed by atoms with Crippen molar-refractivity contribution in [3.63, 3.8) is 0 Å². The van der Waals surface area contributed by atoms with E-state index in [4.69, 9.17) is 4.74 Å². The van der Waals surface area contributed by atoms with Gasteiger partial charge in [0.05, 0.1) is 16.8 Å². The van der Waals surface area contributed by atoms with Crippen molar-refractivity contribution in [3.8, 4) is 0 Å². The van der Waals surface area contributed by atoms with Crippen LogP contribution in [0.15, 0.2) is 52.4 Å². The summed E-state index contributed by atoms with van der Waals surface area (Å²) in [6, 6.07) is 14.5. The van der Waals surface area contributed by atoms with Crippen molar-refractivity contribution < 1.29 is 9.53 Å². The van der Waals surface area contributed by atoms with Gasteiger partial charge in [0.15, 0.2) is 4.80 Å². The van der Waals surface area contributed by atoms with Gasteiger partial charge in [-0.2, -0.15) is 4.99 Å². The van der Waals surface area contributed by atoms with E-state index in [-0.39, 0.29) is 5.91 Å². The van der Waals surface area contributed by atoms with Gasteiger partial charge >= 0.3 is 0 Å². The predicted octanol–water partition coefficient (Wildman–Crippen LogP) is 4.58. The molecule has 0 spiro atoms. The summed E-state index contributed by atoms with van der Waals surface area (Å²) in [4.78, 5) is 18.8. The molecule has 0 aliphatic rings. The first-order valence-electron chi connectivity index (χ1n) is 8.93. The molecule has 1 amide bonds. The van der Waals surface area contributed by atoms with Crippen LogP contribution in [0.3, 0.4) is 0 Å². The molecule has 0 atom stereocenters. The number of thiazole rings is 1. The van der Waals surface area contributed by atoms with Crippen molar-refractivity contribution in [2.24, 2.45) is 4.99 Å². The number of rotatable bonds is 7. The van der Waals surface area contributed by atoms with E-state index >= 15 is 0 Å². The molecule has 0 saturated heterocycles. The van der Waals surface area contributed by atoms with Gasteiger partial charge in [-0.1, -0.05) is 35.6 Å². The number of hydrogen-bond acceptors (Lipinski definition) is 4. The molecule has 3 aromatic rings. The molecule has 0 bridgehead atoms. The zero-order chi connectivity index (χ0) is 19.2. The fourth-order valence-electron chi connectivity index (χ4n) is 3.00. The second kappa shape index (κ2) is 9.35. The molecule has 0 N–H and O–H groups in total. The molecule has 6 heteroatoms. The number of fused-ring (bicyclic) bond motifs is 1. The summed E-state index contributed by atoms with van der Waals surface area (Å²) >= 11 is 3.26. The van der Waals surface area contributed by atoms with Gasteiger partial charge in [-0.25, -0.2) is 0 Å². The first kappa shape index (κ1) is 19.9. The quantitative estimate of drug-likeness (QED) is 0.546. The van der Waals surface area contributed by atoms with Crippen LogP contribution in [0.5, 0.6) is 0 Å². The number of benzene rings is 2. The molecule has 0 fully saturated rings. The Kier molecular flexibility index (Phi) is 6.88. The SMILES string of the molecule is COCCn1c(=NC(=O)CCSc2ccccc2)sc2cc(C)cc(C)c21. The summed E-state index contributed by atoms with van der Waals surface area (Å²) < 4.78 is 8.53. The number of thioether (sulfide) groups is 1. The second-order valence-corrected chi connectivity index (χ2v) is 8.55. The zero-order valence-corrected chi connectivity index (χ0v) is 17.5. The number of carbonyl (C=O) groups is 1. The third kappa shape index (κ3) is 5.09. The van der Waals surface area contributed by atoms with Crippen LogP contribution < -0.4 is 4.80 Å². The maximum atomic E-state index is 12.4. The van der Waals surface area contributed by atoms with E-state index in [1.54, 1.807) is 30.2 Å². The van der Waals surface area contributed by atoms with Crippen LogP contribution in [0, 0.1) is 13.8 Å². The number of aryl methyl sites for hydroxylation is 2. The fraction of sp³-hybridized carbons (Fsp3) is 0.333. The van der Waals surface area contributed by atoms with E-state index in [0.29, 0.717) is 19.6 Å². The Morgan fingerprint density at radius 3 is 2.74 bits per heavy atom. The van der Waals surface area contributed by atoms with Gasteiger partial charge in [0, 0.05) is 30.7 Å². The average Bonchev–Trinajstić information content (AvgIpc) is 2.97. The van der Waals surface area contributed by atoms with Crippen LogP contribution in [0.2, 0.25) is 0 Å². The smallest absolute Gasteiger partial charge is 0.249 e. The van der Waals surface area contributed by atoms with Gasteiger partial charge in [0.1, 0.15) is 0 Å². The van der Waals surface area contributed by atoms with E-state index in [1.165, 1.54) is 16.0 Å². The minimum atomic E-state index is -0.0782. The number of aromatic nitrogens is 1. The Morgan fingerprint density at radius 1 is 1.22 bits per heavy atom. The monoisotopic (exact) mass is 400 g/mol. The third-order valence-electron chi connectivity index (χ3n) is 4.18. The highest BCUT2D eigenvalue weighted by molar-refractivity contribution is 7.99. The molecule has 3 rings (SSSR count). The predicted molar refractivity (Wildman–Crippen MR) is 114 cm³/mol. The number of amides is 1. The van der Waals surface area contributed by atoms with Crippen LogP contribution in [-0.4, -0.2) is 29.9 Å². The average molecular weight is 401 g/mol. The Morgan fingerprint density at radius 2 is 2.00 bits per heavy atom. The molecule has 0 aliphatic carbocycles. The summed E-state index contributed by atoms with van der Waals surface area (Å²) in [6.07, 6.45) is 0.427. The van der Waals surface area contributed by atoms with E-state index in [9.17, 15) is 4.79 Å². The number of nitrogens with zero attached hydrogens (tertiary/aromatic N) is 2. The molecule has 2 aromatic carbocycles. The highest BCUT2D eigenvalue weighted by Gasteiger charge is 2.11. The molecule has 0 unspecified atom stereocenters. The van der Waals surface area contributed by atoms with Crippen LogP contribution in [0.25, 0.3) is 10.2 Å². The summed E-state index contributed by atoms with van der Waals surface area (Å²) in [6.45, 7) is 5.47. The minimum absolute atomic E-state index is 0.0782. The minimum Gasteiger partial charge on any atom is -0.383 e. The van der Waals surface area contributed by atoms with Gasteiger partial charge in [0.2, 0.25) is 5.91 Å². The van der Waals surface area contributed by atoms with Gasteiger partial charge < -0.3 is 9.30 Å². The van der Waals surface area contributed by atoms with Crippen molar-refractivity contribution in [1.29, 1.82) is 0 Å². The maximum Gasteiger partial charge on any atom is 0.249 e. The summed E-state index contributed by atoms with van der Waals surface area (Å²) in [5, 5.41) is 0. The lowest BCUT2D eigenvalue weighted by Gasteiger charge is -2.07. The van der Waals surface area contributed by atoms with Gasteiger partial charge in [-0.15, -0.1) is 11.8 Å². The molecule has 142 valence electrons. The number of hydrogen-bond donors (Lipinski definition) is 0. The van der Waals surface area contributed by atoms with Gasteiger partial charge in [-0.3, -0.25) is 4.79 Å². The number of methoxy groups -OCH3 is 1. The molecule has 27 heavy (non-hydrogen) atoms. The zero-order valence-electron chi connectivity index (χ0n) is 15.9. The van der Waals surface area contributed by atoms with Crippen molar-refractivity contribution in [3.05, 3.63) is 58.4 Å². The summed E-state index contributed by atoms with van der Waals surface area (Å²) in [7, 11) is 1.69. The van der Waals surface area contributed by atoms with E-state index in [0.717, 1.165) is 20.8 Å². The van der Waals surface area contributed by atoms with Crippen LogP contribution >= 0.6 is 23.1 Å². The summed E-state index contributed by atoms with van der Waals surface area (Å²) in [5.41, 5.74) is 3.57. The Labute approximate surface area is 167 Å². The lowest BCUT2D eigenvalue weighted by Crippen LogP contribution is -2.19. The summed E-state index contributed by atoms with van der Waals surface area (Å²) in [5.74, 6) is 0.651. The largest absolute Gasteiger partial charge is 0.383 e. The Balaban J connectivity index is 1.83. The van der Waals surface area contributed by atoms with Crippen LogP contribution in [0.4, 0.5) is 0 Å². The number of ether oxygens (including phenoxy) is 1. The normalized spacial score (nSPS) is 12.0. The lowest BCUT2D eigenvalue weighted by molar-refractivity contribution is -0.117. The van der Waals surface area contributed by atoms with Crippen LogP contribution in [-0.2, 0) is 16.1 Å². The molecule has 1 aromatic heterocycles. The standard InChI is InChI=1S/C21H24N2O2S2/c1-15-13-16(2)20-18(14-15)27-21(23(20)10-11-25-3)22-19(24)9-12-26-17-7-5-4-6-8-17/h4-8,13-14H,9-12H2,1-3H3. The second-order valence-electron chi connectivity index (χ2n) is 6.37. The highest BCUT2D eigenvalue weighted by atomic mass is 32.2. The Bertz CT molecular complexity index is 991.